The van der Waals surface area contributed by atoms with Crippen LogP contribution in [0, 0.1) is 0 Å². The Bertz CT molecular complexity index is 403. The summed E-state index contributed by atoms with van der Waals surface area (Å²) in [6.45, 7) is 9.26. The second kappa shape index (κ2) is 11.2. The number of carbonyl (C=O) groups is 1. The second-order valence-electron chi connectivity index (χ2n) is 7.29. The summed E-state index contributed by atoms with van der Waals surface area (Å²) < 4.78 is 5.82. The lowest BCUT2D eigenvalue weighted by molar-refractivity contribution is -0.133. The van der Waals surface area contributed by atoms with Gasteiger partial charge in [0.1, 0.15) is 0 Å². The smallest absolute Gasteiger partial charge is 0.224 e. The van der Waals surface area contributed by atoms with Crippen LogP contribution in [0.15, 0.2) is 0 Å². The molecule has 5 nitrogen and oxygen atoms in total. The largest absolute Gasteiger partial charge is 0.373 e. The number of amides is 1. The molecule has 3 heterocycles. The van der Waals surface area contributed by atoms with Crippen LogP contribution in [-0.2, 0) is 9.53 Å². The van der Waals surface area contributed by atoms with Gasteiger partial charge in [-0.15, -0.1) is 24.8 Å². The minimum Gasteiger partial charge on any atom is -0.373 e. The van der Waals surface area contributed by atoms with Gasteiger partial charge in [-0.2, -0.15) is 11.8 Å². The predicted octanol–water partition coefficient (Wildman–Crippen LogP) is 2.03. The maximum absolute atomic E-state index is 12.7. The molecule has 0 saturated carbocycles. The third-order valence-corrected chi connectivity index (χ3v) is 6.21. The van der Waals surface area contributed by atoms with Crippen molar-refractivity contribution < 1.29 is 9.53 Å². The number of thioether (sulfide) groups is 1. The third-order valence-electron chi connectivity index (χ3n) is 5.08. The molecule has 25 heavy (non-hydrogen) atoms. The van der Waals surface area contributed by atoms with Crippen LogP contribution in [0.3, 0.4) is 0 Å². The summed E-state index contributed by atoms with van der Waals surface area (Å²) in [5, 5.41) is 3.49. The maximum atomic E-state index is 12.7. The Morgan fingerprint density at radius 1 is 1.24 bits per heavy atom. The number of hydrogen-bond donors (Lipinski definition) is 1. The molecule has 0 radical (unpaired) electrons. The van der Waals surface area contributed by atoms with Gasteiger partial charge in [-0.1, -0.05) is 0 Å². The van der Waals surface area contributed by atoms with Crippen LogP contribution in [0.5, 0.6) is 0 Å². The summed E-state index contributed by atoms with van der Waals surface area (Å²) in [5.41, 5.74) is 0. The van der Waals surface area contributed by atoms with Crippen molar-refractivity contribution in [3.8, 4) is 0 Å². The molecule has 1 amide bonds. The van der Waals surface area contributed by atoms with Gasteiger partial charge < -0.3 is 15.0 Å². The molecule has 3 fully saturated rings. The number of halogens is 2. The van der Waals surface area contributed by atoms with Gasteiger partial charge in [-0.05, 0) is 26.7 Å². The molecule has 3 aliphatic heterocycles. The van der Waals surface area contributed by atoms with Crippen molar-refractivity contribution in [2.45, 2.75) is 57.4 Å². The Kier molecular flexibility index (Phi) is 10.4. The lowest BCUT2D eigenvalue weighted by Crippen LogP contribution is -2.51. The number of ether oxygens (including phenoxy) is 1. The van der Waals surface area contributed by atoms with Gasteiger partial charge in [0, 0.05) is 62.7 Å². The lowest BCUT2D eigenvalue weighted by Gasteiger charge is -2.38. The predicted molar refractivity (Wildman–Crippen MR) is 109 cm³/mol. The van der Waals surface area contributed by atoms with Crippen molar-refractivity contribution in [2.75, 3.05) is 44.2 Å². The molecule has 0 aromatic heterocycles. The average Bonchev–Trinajstić information content (AvgIpc) is 2.95. The van der Waals surface area contributed by atoms with E-state index in [9.17, 15) is 4.79 Å². The fraction of sp³-hybridized carbons (Fsp3) is 0.941. The summed E-state index contributed by atoms with van der Waals surface area (Å²) in [4.78, 5) is 17.4. The highest BCUT2D eigenvalue weighted by Crippen LogP contribution is 2.22. The first kappa shape index (κ1) is 23.3. The number of hydrogen-bond acceptors (Lipinski definition) is 5. The van der Waals surface area contributed by atoms with Crippen LogP contribution in [0.25, 0.3) is 0 Å². The lowest BCUT2D eigenvalue weighted by atomic mass is 10.1. The molecule has 3 aliphatic rings. The first-order chi connectivity index (χ1) is 11.1. The molecule has 3 rings (SSSR count). The first-order valence-corrected chi connectivity index (χ1v) is 10.3. The van der Waals surface area contributed by atoms with Gasteiger partial charge in [0.15, 0.2) is 0 Å². The van der Waals surface area contributed by atoms with Crippen molar-refractivity contribution in [3.63, 3.8) is 0 Å². The van der Waals surface area contributed by atoms with E-state index in [-0.39, 0.29) is 24.8 Å². The average molecular weight is 414 g/mol. The van der Waals surface area contributed by atoms with Crippen LogP contribution >= 0.6 is 36.6 Å². The number of nitrogens with one attached hydrogen (secondary N) is 1. The molecular formula is C17H33Cl2N3O2S. The highest BCUT2D eigenvalue weighted by atomic mass is 35.5. The van der Waals surface area contributed by atoms with E-state index in [1.165, 1.54) is 5.75 Å². The molecule has 4 unspecified atom stereocenters. The van der Waals surface area contributed by atoms with Gasteiger partial charge >= 0.3 is 0 Å². The first-order valence-electron chi connectivity index (χ1n) is 9.10. The minimum atomic E-state index is 0. The number of nitrogens with zero attached hydrogens (tertiary/aromatic N) is 2. The fourth-order valence-electron chi connectivity index (χ4n) is 4.16. The number of likely N-dealkylation sites (tertiary alicyclic amines) is 1. The standard InChI is InChI=1S/C17H31N3O2S.2ClH/c1-13-9-19(10-14(2)22-13)11-16-4-3-6-20(16)17(21)8-15-12-23-7-5-18-15;;/h13-16,18H,3-12H2,1-2H3;2*1H. The Morgan fingerprint density at radius 2 is 1.96 bits per heavy atom. The van der Waals surface area contributed by atoms with E-state index in [1.807, 2.05) is 11.8 Å². The molecule has 0 bridgehead atoms. The van der Waals surface area contributed by atoms with Crippen molar-refractivity contribution in [1.29, 1.82) is 0 Å². The molecule has 0 aromatic carbocycles. The highest BCUT2D eigenvalue weighted by Gasteiger charge is 2.33. The van der Waals surface area contributed by atoms with E-state index >= 15 is 0 Å². The van der Waals surface area contributed by atoms with Gasteiger partial charge in [0.25, 0.3) is 0 Å². The Morgan fingerprint density at radius 3 is 2.60 bits per heavy atom. The molecule has 3 saturated heterocycles. The summed E-state index contributed by atoms with van der Waals surface area (Å²) >= 11 is 1.96. The molecule has 0 aliphatic carbocycles. The van der Waals surface area contributed by atoms with Gasteiger partial charge in [-0.3, -0.25) is 9.69 Å². The maximum Gasteiger partial charge on any atom is 0.224 e. The van der Waals surface area contributed by atoms with Gasteiger partial charge in [-0.25, -0.2) is 0 Å². The van der Waals surface area contributed by atoms with E-state index in [1.54, 1.807) is 0 Å². The zero-order valence-electron chi connectivity index (χ0n) is 15.3. The van der Waals surface area contributed by atoms with Crippen LogP contribution in [0.1, 0.15) is 33.1 Å². The van der Waals surface area contributed by atoms with Crippen LogP contribution < -0.4 is 5.32 Å². The molecule has 148 valence electrons. The summed E-state index contributed by atoms with van der Waals surface area (Å²) in [6, 6.07) is 0.766. The van der Waals surface area contributed by atoms with Crippen molar-refractivity contribution in [2.24, 2.45) is 0 Å². The molecule has 1 N–H and O–H groups in total. The fourth-order valence-corrected chi connectivity index (χ4v) is 5.11. The zero-order chi connectivity index (χ0) is 16.2. The summed E-state index contributed by atoms with van der Waals surface area (Å²) in [6.07, 6.45) is 3.57. The Labute approximate surface area is 168 Å². The van der Waals surface area contributed by atoms with E-state index in [4.69, 9.17) is 4.74 Å². The summed E-state index contributed by atoms with van der Waals surface area (Å²) in [5.74, 6) is 2.59. The number of morpholine rings is 1. The summed E-state index contributed by atoms with van der Waals surface area (Å²) in [7, 11) is 0. The zero-order valence-corrected chi connectivity index (χ0v) is 17.8. The third kappa shape index (κ3) is 6.74. The van der Waals surface area contributed by atoms with E-state index < -0.39 is 0 Å². The quantitative estimate of drug-likeness (QED) is 0.763. The number of rotatable bonds is 4. The topological polar surface area (TPSA) is 44.8 Å². The van der Waals surface area contributed by atoms with Gasteiger partial charge in [0.05, 0.1) is 12.2 Å². The SMILES string of the molecule is CC1CN(CC2CCCN2C(=O)CC2CSCCN2)CC(C)O1.Cl.Cl. The van der Waals surface area contributed by atoms with Crippen molar-refractivity contribution in [3.05, 3.63) is 0 Å². The molecule has 0 spiro atoms. The molecule has 8 heteroatoms. The Balaban J connectivity index is 0.00000156. The minimum absolute atomic E-state index is 0. The number of carbonyl (C=O) groups excluding carboxylic acids is 1. The van der Waals surface area contributed by atoms with Gasteiger partial charge in [0.2, 0.25) is 5.91 Å². The van der Waals surface area contributed by atoms with Crippen LogP contribution in [0.2, 0.25) is 0 Å². The monoisotopic (exact) mass is 413 g/mol. The second-order valence-corrected chi connectivity index (χ2v) is 8.44. The van der Waals surface area contributed by atoms with Crippen LogP contribution in [0.4, 0.5) is 0 Å². The normalized spacial score (nSPS) is 33.4. The Hall–Kier alpha value is 0.280. The van der Waals surface area contributed by atoms with Crippen LogP contribution in [-0.4, -0.2) is 84.2 Å². The highest BCUT2D eigenvalue weighted by molar-refractivity contribution is 7.99. The van der Waals surface area contributed by atoms with E-state index in [0.29, 0.717) is 36.6 Å². The van der Waals surface area contributed by atoms with Crippen molar-refractivity contribution >= 4 is 42.5 Å². The molecule has 4 atom stereocenters. The molecule has 0 aromatic rings. The van der Waals surface area contributed by atoms with E-state index in [0.717, 1.165) is 51.3 Å². The van der Waals surface area contributed by atoms with E-state index in [2.05, 4.69) is 29.0 Å². The molecular weight excluding hydrogens is 381 g/mol. The van der Waals surface area contributed by atoms with Crippen molar-refractivity contribution in [1.82, 2.24) is 15.1 Å².